The van der Waals surface area contributed by atoms with Gasteiger partial charge in [0.05, 0.1) is 21.3 Å². The van der Waals surface area contributed by atoms with Crippen molar-refractivity contribution in [2.24, 2.45) is 0 Å². The summed E-state index contributed by atoms with van der Waals surface area (Å²) in [5.41, 5.74) is 1.51. The largest absolute Gasteiger partial charge is 0.493 e. The number of nitrogens with zero attached hydrogens (tertiary/aromatic N) is 3. The average molecular weight is 438 g/mol. The Morgan fingerprint density at radius 1 is 0.774 bits per heavy atom. The van der Waals surface area contributed by atoms with Gasteiger partial charge in [0.2, 0.25) is 17.6 Å². The van der Waals surface area contributed by atoms with Crippen molar-refractivity contribution in [1.82, 2.24) is 15.0 Å². The second kappa shape index (κ2) is 8.93. The third-order valence-corrected chi connectivity index (χ3v) is 4.94. The third kappa shape index (κ3) is 4.24. The van der Waals surface area contributed by atoms with Gasteiger partial charge >= 0.3 is 0 Å². The molecule has 2 N–H and O–H groups in total. The Hall–Kier alpha value is -3.78. The van der Waals surface area contributed by atoms with Gasteiger partial charge < -0.3 is 24.8 Å². The van der Waals surface area contributed by atoms with E-state index in [4.69, 9.17) is 25.8 Å². The summed E-state index contributed by atoms with van der Waals surface area (Å²) in [6.45, 7) is 0. The minimum absolute atomic E-state index is 0.352. The number of anilines is 4. The zero-order valence-electron chi connectivity index (χ0n) is 17.1. The molecular formula is C22H20ClN5O3. The Balaban J connectivity index is 1.62. The van der Waals surface area contributed by atoms with Crippen LogP contribution in [-0.2, 0) is 0 Å². The Labute approximate surface area is 184 Å². The fourth-order valence-corrected chi connectivity index (χ4v) is 3.42. The zero-order chi connectivity index (χ0) is 21.8. The van der Waals surface area contributed by atoms with Crippen LogP contribution in [0.3, 0.4) is 0 Å². The predicted molar refractivity (Wildman–Crippen MR) is 121 cm³/mol. The lowest BCUT2D eigenvalue weighted by atomic mass is 10.1. The van der Waals surface area contributed by atoms with Gasteiger partial charge in [0.15, 0.2) is 11.5 Å². The number of fused-ring (bicyclic) bond motifs is 1. The number of rotatable bonds is 7. The Morgan fingerprint density at radius 2 is 1.42 bits per heavy atom. The lowest BCUT2D eigenvalue weighted by Gasteiger charge is -2.15. The van der Waals surface area contributed by atoms with Crippen LogP contribution in [0, 0.1) is 0 Å². The molecule has 0 fully saturated rings. The van der Waals surface area contributed by atoms with Gasteiger partial charge in [-0.1, -0.05) is 35.9 Å². The number of halogens is 1. The smallest absolute Gasteiger partial charge is 0.232 e. The molecule has 31 heavy (non-hydrogen) atoms. The monoisotopic (exact) mass is 437 g/mol. The molecule has 0 amide bonds. The van der Waals surface area contributed by atoms with Crippen molar-refractivity contribution < 1.29 is 14.2 Å². The molecule has 0 radical (unpaired) electrons. The number of aromatic nitrogens is 3. The van der Waals surface area contributed by atoms with E-state index in [0.717, 1.165) is 16.5 Å². The second-order valence-corrected chi connectivity index (χ2v) is 6.84. The van der Waals surface area contributed by atoms with Crippen molar-refractivity contribution in [2.45, 2.75) is 0 Å². The number of hydrogen-bond donors (Lipinski definition) is 2. The summed E-state index contributed by atoms with van der Waals surface area (Å²) in [7, 11) is 4.67. The molecule has 1 heterocycles. The molecule has 0 saturated heterocycles. The van der Waals surface area contributed by atoms with Gasteiger partial charge in [-0.3, -0.25) is 0 Å². The van der Waals surface area contributed by atoms with Crippen molar-refractivity contribution in [3.63, 3.8) is 0 Å². The van der Waals surface area contributed by atoms with Gasteiger partial charge in [0.25, 0.3) is 0 Å². The zero-order valence-corrected chi connectivity index (χ0v) is 17.9. The fourth-order valence-electron chi connectivity index (χ4n) is 3.19. The first kappa shape index (κ1) is 20.5. The van der Waals surface area contributed by atoms with Crippen LogP contribution >= 0.6 is 11.6 Å². The highest BCUT2D eigenvalue weighted by Crippen LogP contribution is 2.40. The van der Waals surface area contributed by atoms with E-state index in [1.807, 2.05) is 36.4 Å². The molecule has 0 atom stereocenters. The standard InChI is InChI=1S/C22H20ClN5O3/c1-29-18-10-13(11-19(30-2)20(18)31-3)26-21-24-12-25-22(28-21)27-17-9-8-16(23)14-6-4-5-7-15(14)17/h4-12H,1-3H3,(H2,24,25,26,27,28). The summed E-state index contributed by atoms with van der Waals surface area (Å²) in [4.78, 5) is 12.9. The number of nitrogens with one attached hydrogen (secondary N) is 2. The van der Waals surface area contributed by atoms with Crippen molar-refractivity contribution in [3.05, 3.63) is 59.9 Å². The normalized spacial score (nSPS) is 10.6. The molecule has 8 nitrogen and oxygen atoms in total. The molecule has 0 aliphatic heterocycles. The molecule has 0 bridgehead atoms. The molecule has 0 unspecified atom stereocenters. The maximum absolute atomic E-state index is 6.31. The van der Waals surface area contributed by atoms with Gasteiger partial charge in [0, 0.05) is 39.3 Å². The highest BCUT2D eigenvalue weighted by Gasteiger charge is 2.14. The van der Waals surface area contributed by atoms with E-state index in [1.54, 1.807) is 33.5 Å². The summed E-state index contributed by atoms with van der Waals surface area (Å²) in [5, 5.41) is 8.96. The fraction of sp³-hybridized carbons (Fsp3) is 0.136. The summed E-state index contributed by atoms with van der Waals surface area (Å²) >= 11 is 6.31. The topological polar surface area (TPSA) is 90.4 Å². The molecule has 158 valence electrons. The van der Waals surface area contributed by atoms with Crippen molar-refractivity contribution in [2.75, 3.05) is 32.0 Å². The molecule has 3 aromatic carbocycles. The van der Waals surface area contributed by atoms with Crippen molar-refractivity contribution in [3.8, 4) is 17.2 Å². The number of benzene rings is 3. The van der Waals surface area contributed by atoms with E-state index < -0.39 is 0 Å². The van der Waals surface area contributed by atoms with Gasteiger partial charge in [-0.25, -0.2) is 9.97 Å². The molecule has 4 rings (SSSR count). The molecule has 0 aliphatic rings. The van der Waals surface area contributed by atoms with Crippen LogP contribution in [0.4, 0.5) is 23.3 Å². The van der Waals surface area contributed by atoms with Crippen LogP contribution < -0.4 is 24.8 Å². The minimum atomic E-state index is 0.352. The summed E-state index contributed by atoms with van der Waals surface area (Å²) in [6.07, 6.45) is 1.42. The maximum Gasteiger partial charge on any atom is 0.232 e. The third-order valence-electron chi connectivity index (χ3n) is 4.61. The lowest BCUT2D eigenvalue weighted by molar-refractivity contribution is 0.324. The Bertz CT molecular complexity index is 1210. The lowest BCUT2D eigenvalue weighted by Crippen LogP contribution is -2.04. The first-order valence-corrected chi connectivity index (χ1v) is 9.71. The van der Waals surface area contributed by atoms with Crippen LogP contribution in [0.15, 0.2) is 54.9 Å². The Kier molecular flexibility index (Phi) is 5.90. The maximum atomic E-state index is 6.31. The number of ether oxygens (including phenoxy) is 3. The van der Waals surface area contributed by atoms with Crippen molar-refractivity contribution in [1.29, 1.82) is 0 Å². The summed E-state index contributed by atoms with van der Waals surface area (Å²) < 4.78 is 16.1. The number of methoxy groups -OCH3 is 3. The van der Waals surface area contributed by atoms with E-state index in [0.29, 0.717) is 39.9 Å². The van der Waals surface area contributed by atoms with Gasteiger partial charge in [0.1, 0.15) is 6.33 Å². The van der Waals surface area contributed by atoms with Crippen molar-refractivity contribution >= 4 is 45.6 Å². The minimum Gasteiger partial charge on any atom is -0.493 e. The SMILES string of the molecule is COc1cc(Nc2ncnc(Nc3ccc(Cl)c4ccccc34)n2)cc(OC)c1OC. The molecule has 4 aromatic rings. The van der Waals surface area contributed by atoms with Crippen LogP contribution in [0.25, 0.3) is 10.8 Å². The van der Waals surface area contributed by atoms with E-state index in [1.165, 1.54) is 6.33 Å². The first-order chi connectivity index (χ1) is 15.1. The molecule has 0 aliphatic carbocycles. The molecule has 9 heteroatoms. The molecule has 1 aromatic heterocycles. The Morgan fingerprint density at radius 3 is 2.06 bits per heavy atom. The van der Waals surface area contributed by atoms with Gasteiger partial charge in [-0.2, -0.15) is 4.98 Å². The van der Waals surface area contributed by atoms with E-state index in [-0.39, 0.29) is 0 Å². The average Bonchev–Trinajstić information content (AvgIpc) is 2.80. The van der Waals surface area contributed by atoms with Crippen LogP contribution in [0.5, 0.6) is 17.2 Å². The second-order valence-electron chi connectivity index (χ2n) is 6.44. The highest BCUT2D eigenvalue weighted by molar-refractivity contribution is 6.36. The molecular weight excluding hydrogens is 418 g/mol. The van der Waals surface area contributed by atoms with E-state index in [2.05, 4.69) is 25.6 Å². The number of hydrogen-bond acceptors (Lipinski definition) is 8. The van der Waals surface area contributed by atoms with Crippen LogP contribution in [-0.4, -0.2) is 36.3 Å². The molecule has 0 spiro atoms. The van der Waals surface area contributed by atoms with Gasteiger partial charge in [-0.05, 0) is 12.1 Å². The summed E-state index contributed by atoms with van der Waals surface area (Å²) in [5.74, 6) is 2.28. The van der Waals surface area contributed by atoms with Crippen LogP contribution in [0.1, 0.15) is 0 Å². The first-order valence-electron chi connectivity index (χ1n) is 9.33. The quantitative estimate of drug-likeness (QED) is 0.408. The summed E-state index contributed by atoms with van der Waals surface area (Å²) in [6, 6.07) is 15.1. The highest BCUT2D eigenvalue weighted by atomic mass is 35.5. The molecule has 0 saturated carbocycles. The van der Waals surface area contributed by atoms with Gasteiger partial charge in [-0.15, -0.1) is 0 Å². The van der Waals surface area contributed by atoms with E-state index in [9.17, 15) is 0 Å². The predicted octanol–water partition coefficient (Wildman–Crippen LogP) is 5.19. The van der Waals surface area contributed by atoms with E-state index >= 15 is 0 Å². The van der Waals surface area contributed by atoms with Crippen LogP contribution in [0.2, 0.25) is 5.02 Å².